The number of thiol groups is 2. The standard InChI is InChI=1S/C49H68N10O11S2.C23H16O6/c1-27(60)40(48(68)57-39(26-72)47(67)59-41(28(2)61)49(69)70)58-43(63)35(19-11-12-20-50)53-45(65)37(23-31-24-52-34-18-10-9-17-32(31)34)55-44(64)36(22-30-15-7-4-8-16-30)54-46(66)38(25-71)56-42(62)33(51)21-29-13-5-3-6-14-29;24-20-16(14-7-3-1-5-12(14)9-18(20)22(26)27)11-17-15-8-4-2-6-13(15)10-19(21(17)25)23(28)29/h3-10,13-18,24,27-28,33,35-41,49,52,60-61,69-72H,11-12,19-23,25-26,50-51H2,1-2H3,(H,53,65)(H,54,66)(H,55,64)(H,56,62)(H,57,68)(H,58,63)(H,59,67);1-10,24-25H,11H2,(H,26,27)(H,28,29)/t27-,28-,33-,35+,36+,37-,38+,39+,40+,41+;/m1./s1. The number of carboxylic acids is 2. The second kappa shape index (κ2) is 37.4. The fourth-order valence-corrected chi connectivity index (χ4v) is 11.8. The van der Waals surface area contributed by atoms with Gasteiger partial charge in [0.25, 0.3) is 0 Å². The van der Waals surface area contributed by atoms with Crippen molar-refractivity contribution in [2.75, 3.05) is 18.1 Å². The summed E-state index contributed by atoms with van der Waals surface area (Å²) in [6.45, 7) is 2.65. The Morgan fingerprint density at radius 3 is 1.39 bits per heavy atom. The van der Waals surface area contributed by atoms with E-state index in [2.05, 4.69) is 67.5 Å². The molecule has 536 valence electrons. The van der Waals surface area contributed by atoms with Gasteiger partial charge in [-0.2, -0.15) is 25.3 Å². The van der Waals surface area contributed by atoms with Crippen molar-refractivity contribution in [3.05, 3.63) is 191 Å². The topological polar surface area (TPSA) is 468 Å². The molecular formula is C72H84N10O17S2. The van der Waals surface area contributed by atoms with Crippen LogP contribution in [0, 0.1) is 0 Å². The third-order valence-electron chi connectivity index (χ3n) is 16.8. The number of carbonyl (C=O) groups is 9. The van der Waals surface area contributed by atoms with Gasteiger partial charge in [-0.3, -0.25) is 33.6 Å². The normalized spacial score (nSPS) is 14.2. The molecule has 0 radical (unpaired) electrons. The second-order valence-corrected chi connectivity index (χ2v) is 24.9. The monoisotopic (exact) mass is 1420 g/mol. The zero-order valence-electron chi connectivity index (χ0n) is 55.2. The third-order valence-corrected chi connectivity index (χ3v) is 17.5. The maximum absolute atomic E-state index is 14.6. The zero-order valence-corrected chi connectivity index (χ0v) is 56.9. The summed E-state index contributed by atoms with van der Waals surface area (Å²) in [5.41, 5.74) is 14.9. The number of nitrogens with one attached hydrogen (secondary N) is 8. The molecule has 0 aliphatic heterocycles. The number of H-pyrrole nitrogens is 1. The van der Waals surface area contributed by atoms with E-state index in [-0.39, 0.29) is 61.3 Å². The van der Waals surface area contributed by atoms with Crippen LogP contribution < -0.4 is 48.7 Å². The minimum atomic E-state index is -2.15. The van der Waals surface area contributed by atoms with E-state index in [1.54, 1.807) is 91.1 Å². The lowest BCUT2D eigenvalue weighted by Gasteiger charge is -2.29. The van der Waals surface area contributed by atoms with Gasteiger partial charge in [-0.1, -0.05) is 127 Å². The van der Waals surface area contributed by atoms with Crippen LogP contribution in [-0.4, -0.2) is 184 Å². The number of aromatic amines is 1. The molecule has 29 heteroatoms. The first-order chi connectivity index (χ1) is 48.2. The number of nitrogens with two attached hydrogens (primary N) is 2. The van der Waals surface area contributed by atoms with E-state index < -0.39 is 132 Å². The van der Waals surface area contributed by atoms with E-state index in [1.165, 1.54) is 26.0 Å². The molecule has 0 aliphatic rings. The van der Waals surface area contributed by atoms with Crippen LogP contribution in [0.2, 0.25) is 0 Å². The largest absolute Gasteiger partial charge is 0.507 e. The number of hydrogen-bond donors (Lipinski definition) is 20. The number of para-hydroxylation sites is 1. The molecule has 20 N–H and O–H groups in total. The summed E-state index contributed by atoms with van der Waals surface area (Å²) < 4.78 is 0. The molecule has 0 unspecified atom stereocenters. The predicted octanol–water partition coefficient (Wildman–Crippen LogP) is 2.37. The van der Waals surface area contributed by atoms with Crippen LogP contribution in [0.25, 0.3) is 32.4 Å². The van der Waals surface area contributed by atoms with E-state index in [9.17, 15) is 84.0 Å². The number of amides is 7. The number of aliphatic hydroxyl groups excluding tert-OH is 3. The van der Waals surface area contributed by atoms with Crippen LogP contribution in [0.3, 0.4) is 0 Å². The van der Waals surface area contributed by atoms with Crippen LogP contribution in [0.4, 0.5) is 0 Å². The van der Waals surface area contributed by atoms with Gasteiger partial charge in [0.2, 0.25) is 41.4 Å². The molecule has 27 nitrogen and oxygen atoms in total. The van der Waals surface area contributed by atoms with Crippen molar-refractivity contribution < 1.29 is 84.0 Å². The Morgan fingerprint density at radius 2 is 0.901 bits per heavy atom. The summed E-state index contributed by atoms with van der Waals surface area (Å²) in [6.07, 6.45) is -2.72. The van der Waals surface area contributed by atoms with Crippen LogP contribution in [0.5, 0.6) is 11.5 Å². The summed E-state index contributed by atoms with van der Waals surface area (Å²) in [4.78, 5) is 123. The zero-order chi connectivity index (χ0) is 73.6. The fraction of sp³-hybridized carbons (Fsp3) is 0.319. The number of aromatic nitrogens is 1. The molecule has 7 amide bonds. The number of aromatic hydroxyl groups is 2. The first kappa shape index (κ1) is 78.2. The van der Waals surface area contributed by atoms with E-state index in [4.69, 9.17) is 11.5 Å². The highest BCUT2D eigenvalue weighted by Crippen LogP contribution is 2.39. The Labute approximate surface area is 591 Å². The van der Waals surface area contributed by atoms with Gasteiger partial charge < -0.3 is 94.5 Å². The fourth-order valence-electron chi connectivity index (χ4n) is 11.3. The number of hydrogen-bond acceptors (Lipinski definition) is 19. The maximum atomic E-state index is 14.6. The Kier molecular flexibility index (Phi) is 28.9. The molecule has 1 aromatic heterocycles. The molecule has 0 aliphatic carbocycles. The number of benzene rings is 7. The number of unbranched alkanes of at least 4 members (excludes halogenated alkanes) is 1. The van der Waals surface area contributed by atoms with Crippen molar-refractivity contribution in [3.8, 4) is 11.5 Å². The van der Waals surface area contributed by atoms with E-state index in [0.717, 1.165) is 16.5 Å². The Balaban J connectivity index is 0.000000405. The smallest absolute Gasteiger partial charge is 0.339 e. The number of carbonyl (C=O) groups excluding carboxylic acids is 7. The predicted molar refractivity (Wildman–Crippen MR) is 384 cm³/mol. The Morgan fingerprint density at radius 1 is 0.475 bits per heavy atom. The van der Waals surface area contributed by atoms with Gasteiger partial charge in [0.05, 0.1) is 18.2 Å². The molecule has 0 fully saturated rings. The summed E-state index contributed by atoms with van der Waals surface area (Å²) in [5.74, 6) is -9.73. The molecule has 0 saturated heterocycles. The Bertz CT molecular complexity index is 4110. The molecule has 8 aromatic rings. The maximum Gasteiger partial charge on any atom is 0.339 e. The summed E-state index contributed by atoms with van der Waals surface area (Å²) >= 11 is 8.42. The number of aromatic carboxylic acids is 2. The molecular weight excluding hydrogens is 1340 g/mol. The van der Waals surface area contributed by atoms with Crippen LogP contribution in [0.15, 0.2) is 152 Å². The van der Waals surface area contributed by atoms with Gasteiger partial charge in [0.1, 0.15) is 64.9 Å². The lowest BCUT2D eigenvalue weighted by atomic mass is 9.90. The Hall–Kier alpha value is -10.1. The average molecular weight is 1430 g/mol. The van der Waals surface area contributed by atoms with E-state index in [1.807, 2.05) is 48.5 Å². The first-order valence-electron chi connectivity index (χ1n) is 32.3. The summed E-state index contributed by atoms with van der Waals surface area (Å²) in [5, 5.41) is 101. The lowest BCUT2D eigenvalue weighted by Crippen LogP contribution is -2.62. The number of aliphatic hydroxyl groups is 4. The highest BCUT2D eigenvalue weighted by molar-refractivity contribution is 7.80. The number of phenols is 2. The van der Waals surface area contributed by atoms with Crippen LogP contribution in [-0.2, 0) is 59.2 Å². The lowest BCUT2D eigenvalue weighted by molar-refractivity contribution is -0.138. The molecule has 0 bridgehead atoms. The van der Waals surface area contributed by atoms with Crippen molar-refractivity contribution in [2.45, 2.75) is 126 Å². The molecule has 1 heterocycles. The highest BCUT2D eigenvalue weighted by atomic mass is 32.1. The quantitative estimate of drug-likeness (QED) is 0.0159. The highest BCUT2D eigenvalue weighted by Gasteiger charge is 2.37. The van der Waals surface area contributed by atoms with Crippen molar-refractivity contribution in [2.24, 2.45) is 11.5 Å². The summed E-state index contributed by atoms with van der Waals surface area (Å²) in [7, 11) is 0. The molecule has 8 rings (SSSR count). The van der Waals surface area contributed by atoms with E-state index in [0.29, 0.717) is 56.6 Å². The van der Waals surface area contributed by atoms with Crippen molar-refractivity contribution in [1.82, 2.24) is 42.2 Å². The van der Waals surface area contributed by atoms with Gasteiger partial charge in [0, 0.05) is 59.0 Å². The van der Waals surface area contributed by atoms with Gasteiger partial charge >= 0.3 is 11.9 Å². The van der Waals surface area contributed by atoms with Gasteiger partial charge in [-0.05, 0) is 103 Å². The number of rotatable bonds is 33. The van der Waals surface area contributed by atoms with Gasteiger partial charge in [-0.25, -0.2) is 9.59 Å². The SMILES string of the molecule is C[C@@H](O)[C@H](NC(=O)[C@H](CCCCN)NC(=O)[C@@H](Cc1c[nH]c2ccccc12)NC(=O)[C@H](Cc1ccccc1)NC(=O)[C@H](CS)NC(=O)[C@H](N)Cc1ccccc1)C(=O)N[C@@H](CS)C(=O)N[C@H](C(O)O)[C@@H](C)O.O=C(O)c1cc2ccccc2c(Cc2c(O)c(C(=O)O)cc3ccccc23)c1O. The number of fused-ring (bicyclic) bond motifs is 3. The van der Waals surface area contributed by atoms with E-state index >= 15 is 0 Å². The van der Waals surface area contributed by atoms with Crippen LogP contribution in [0.1, 0.15) is 81.6 Å². The molecule has 0 spiro atoms. The average Bonchev–Trinajstić information content (AvgIpc) is 1.33. The molecule has 10 atom stereocenters. The molecule has 7 aromatic carbocycles. The van der Waals surface area contributed by atoms with Crippen molar-refractivity contribution in [1.29, 1.82) is 0 Å². The van der Waals surface area contributed by atoms with Gasteiger partial charge in [-0.15, -0.1) is 0 Å². The van der Waals surface area contributed by atoms with Crippen molar-refractivity contribution in [3.63, 3.8) is 0 Å². The molecule has 0 saturated carbocycles. The first-order valence-corrected chi connectivity index (χ1v) is 33.6. The third kappa shape index (κ3) is 21.2. The second-order valence-electron chi connectivity index (χ2n) is 24.2. The number of carboxylic acid groups (broad SMARTS) is 2. The summed E-state index contributed by atoms with van der Waals surface area (Å²) in [6, 6.07) is 30.9. The minimum absolute atomic E-state index is 0.0128. The minimum Gasteiger partial charge on any atom is -0.507 e. The van der Waals surface area contributed by atoms with Gasteiger partial charge in [0.15, 0.2) is 6.29 Å². The van der Waals surface area contributed by atoms with Crippen molar-refractivity contribution >= 4 is 111 Å². The molecule has 101 heavy (non-hydrogen) atoms. The van der Waals surface area contributed by atoms with Crippen LogP contribution >= 0.6 is 25.3 Å².